The van der Waals surface area contributed by atoms with E-state index >= 15 is 0 Å². The topological polar surface area (TPSA) is 113 Å². The lowest BCUT2D eigenvalue weighted by atomic mass is 10.2. The number of nitrogens with one attached hydrogen (secondary N) is 2. The van der Waals surface area contributed by atoms with E-state index in [0.29, 0.717) is 25.3 Å². The van der Waals surface area contributed by atoms with E-state index < -0.39 is 20.0 Å². The maximum Gasteiger partial charge on any atom is 0.261 e. The number of nitrogens with zero attached hydrogens (tertiary/aromatic N) is 1. The Labute approximate surface area is 184 Å². The fraction of sp³-hybridized carbons (Fsp3) is 0.381. The summed E-state index contributed by atoms with van der Waals surface area (Å²) in [6.07, 6.45) is 0.798. The maximum atomic E-state index is 13.0. The van der Waals surface area contributed by atoms with Gasteiger partial charge < -0.3 is 5.32 Å². The number of ketones is 1. The number of benzene rings is 2. The summed E-state index contributed by atoms with van der Waals surface area (Å²) in [5.74, 6) is -0.255. The Kier molecular flexibility index (Phi) is 8.21. The van der Waals surface area contributed by atoms with Crippen LogP contribution in [0.15, 0.2) is 52.3 Å². The third-order valence-electron chi connectivity index (χ3n) is 4.69. The number of hydrogen-bond acceptors (Lipinski definition) is 6. The van der Waals surface area contributed by atoms with Gasteiger partial charge in [-0.05, 0) is 43.7 Å². The van der Waals surface area contributed by atoms with Crippen molar-refractivity contribution in [1.82, 2.24) is 4.31 Å². The number of carbonyl (C=O) groups is 1. The van der Waals surface area contributed by atoms with Gasteiger partial charge in [-0.15, -0.1) is 0 Å². The fourth-order valence-electron chi connectivity index (χ4n) is 2.98. The van der Waals surface area contributed by atoms with Gasteiger partial charge in [0.2, 0.25) is 10.0 Å². The van der Waals surface area contributed by atoms with E-state index in [1.165, 1.54) is 47.6 Å². The molecule has 0 bridgehead atoms. The zero-order valence-corrected chi connectivity index (χ0v) is 19.8. The molecule has 0 saturated carbocycles. The molecule has 0 aromatic heterocycles. The predicted octanol–water partition coefficient (Wildman–Crippen LogP) is 3.54. The first-order valence-electron chi connectivity index (χ1n) is 10.1. The van der Waals surface area contributed by atoms with Crippen LogP contribution in [0.3, 0.4) is 0 Å². The molecule has 0 radical (unpaired) electrons. The monoisotopic (exact) mass is 467 g/mol. The van der Waals surface area contributed by atoms with Crippen molar-refractivity contribution < 1.29 is 21.6 Å². The molecular weight excluding hydrogens is 438 g/mol. The third kappa shape index (κ3) is 5.84. The molecule has 0 aliphatic heterocycles. The van der Waals surface area contributed by atoms with Crippen molar-refractivity contribution in [3.8, 4) is 0 Å². The van der Waals surface area contributed by atoms with Crippen LogP contribution in [-0.2, 0) is 20.0 Å². The first kappa shape index (κ1) is 24.8. The van der Waals surface area contributed by atoms with Crippen molar-refractivity contribution in [3.63, 3.8) is 0 Å². The summed E-state index contributed by atoms with van der Waals surface area (Å²) < 4.78 is 55.6. The average molecular weight is 468 g/mol. The smallest absolute Gasteiger partial charge is 0.261 e. The van der Waals surface area contributed by atoms with Crippen molar-refractivity contribution in [1.29, 1.82) is 0 Å². The maximum absolute atomic E-state index is 13.0. The molecule has 0 heterocycles. The van der Waals surface area contributed by atoms with Crippen LogP contribution in [0.2, 0.25) is 0 Å². The van der Waals surface area contributed by atoms with Crippen molar-refractivity contribution >= 4 is 37.2 Å². The van der Waals surface area contributed by atoms with E-state index in [2.05, 4.69) is 10.0 Å². The number of carbonyl (C=O) groups excluding carboxylic acids is 1. The van der Waals surface area contributed by atoms with Crippen molar-refractivity contribution in [3.05, 3.63) is 48.0 Å². The molecule has 170 valence electrons. The van der Waals surface area contributed by atoms with E-state index in [0.717, 1.165) is 6.42 Å². The van der Waals surface area contributed by atoms with Crippen LogP contribution < -0.4 is 10.0 Å². The highest BCUT2D eigenvalue weighted by Gasteiger charge is 2.24. The number of hydrogen-bond donors (Lipinski definition) is 2. The van der Waals surface area contributed by atoms with E-state index in [1.807, 2.05) is 6.92 Å². The van der Waals surface area contributed by atoms with Gasteiger partial charge >= 0.3 is 0 Å². The molecule has 0 aliphatic rings. The van der Waals surface area contributed by atoms with Gasteiger partial charge in [-0.3, -0.25) is 9.52 Å². The minimum Gasteiger partial charge on any atom is -0.383 e. The lowest BCUT2D eigenvalue weighted by Gasteiger charge is -2.20. The van der Waals surface area contributed by atoms with Crippen LogP contribution in [0.5, 0.6) is 0 Å². The molecule has 0 fully saturated rings. The van der Waals surface area contributed by atoms with Crippen LogP contribution in [0.4, 0.5) is 11.4 Å². The van der Waals surface area contributed by atoms with Gasteiger partial charge in [0.05, 0.1) is 21.2 Å². The Morgan fingerprint density at radius 3 is 2.16 bits per heavy atom. The lowest BCUT2D eigenvalue weighted by molar-refractivity contribution is 0.101. The van der Waals surface area contributed by atoms with Crippen LogP contribution in [0, 0.1) is 0 Å². The van der Waals surface area contributed by atoms with Crippen molar-refractivity contribution in [2.24, 2.45) is 0 Å². The number of rotatable bonds is 11. The quantitative estimate of drug-likeness (QED) is 0.489. The highest BCUT2D eigenvalue weighted by atomic mass is 32.2. The third-order valence-corrected chi connectivity index (χ3v) is 8.10. The molecule has 0 amide bonds. The van der Waals surface area contributed by atoms with Gasteiger partial charge in [-0.25, -0.2) is 16.8 Å². The molecule has 10 heteroatoms. The van der Waals surface area contributed by atoms with Crippen LogP contribution >= 0.6 is 0 Å². The van der Waals surface area contributed by atoms with E-state index in [9.17, 15) is 21.6 Å². The number of sulfonamides is 2. The lowest BCUT2D eigenvalue weighted by Crippen LogP contribution is -2.30. The summed E-state index contributed by atoms with van der Waals surface area (Å²) in [6, 6.07) is 10.0. The Balaban J connectivity index is 2.54. The second-order valence-electron chi connectivity index (χ2n) is 6.91. The summed E-state index contributed by atoms with van der Waals surface area (Å²) in [5, 5.41) is 3.11. The summed E-state index contributed by atoms with van der Waals surface area (Å²) in [6.45, 7) is 7.97. The van der Waals surface area contributed by atoms with Gasteiger partial charge in [-0.1, -0.05) is 32.9 Å². The second kappa shape index (κ2) is 10.3. The molecule has 0 spiro atoms. The summed E-state index contributed by atoms with van der Waals surface area (Å²) in [4.78, 5) is 11.5. The summed E-state index contributed by atoms with van der Waals surface area (Å²) in [5.41, 5.74) is 0.853. The van der Waals surface area contributed by atoms with E-state index in [1.54, 1.807) is 19.9 Å². The Hall–Kier alpha value is -2.43. The molecule has 2 rings (SSSR count). The first-order valence-corrected chi connectivity index (χ1v) is 13.0. The molecular formula is C21H29N3O5S2. The summed E-state index contributed by atoms with van der Waals surface area (Å²) in [7, 11) is -7.83. The minimum absolute atomic E-state index is 0.00608. The summed E-state index contributed by atoms with van der Waals surface area (Å²) >= 11 is 0. The molecule has 31 heavy (non-hydrogen) atoms. The molecule has 2 aromatic rings. The molecule has 2 aromatic carbocycles. The van der Waals surface area contributed by atoms with Gasteiger partial charge in [0.15, 0.2) is 5.78 Å². The highest BCUT2D eigenvalue weighted by molar-refractivity contribution is 7.92. The van der Waals surface area contributed by atoms with Crippen molar-refractivity contribution in [2.45, 2.75) is 43.9 Å². The zero-order valence-electron chi connectivity index (χ0n) is 18.2. The van der Waals surface area contributed by atoms with Crippen LogP contribution in [0.25, 0.3) is 0 Å². The Morgan fingerprint density at radius 1 is 0.903 bits per heavy atom. The fourth-order valence-corrected chi connectivity index (χ4v) is 5.58. The Bertz CT molecular complexity index is 1140. The van der Waals surface area contributed by atoms with Gasteiger partial charge in [0, 0.05) is 25.2 Å². The van der Waals surface area contributed by atoms with E-state index in [4.69, 9.17) is 0 Å². The standard InChI is InChI=1S/C21H29N3O5S2/c1-5-13-22-20-12-11-19(31(28,29)24(6-2)7-3)15-21(20)23-30(26,27)18-10-8-9-17(14-18)16(4)25/h8-12,14-15,22-23H,5-7,13H2,1-4H3. The van der Waals surface area contributed by atoms with E-state index in [-0.39, 0.29) is 26.8 Å². The van der Waals surface area contributed by atoms with Gasteiger partial charge in [0.1, 0.15) is 0 Å². The first-order chi connectivity index (χ1) is 14.6. The van der Waals surface area contributed by atoms with Gasteiger partial charge in [0.25, 0.3) is 10.0 Å². The molecule has 2 N–H and O–H groups in total. The molecule has 0 saturated heterocycles. The SMILES string of the molecule is CCCNc1ccc(S(=O)(=O)N(CC)CC)cc1NS(=O)(=O)c1cccc(C(C)=O)c1. The predicted molar refractivity (Wildman–Crippen MR) is 123 cm³/mol. The second-order valence-corrected chi connectivity index (χ2v) is 10.5. The average Bonchev–Trinajstić information content (AvgIpc) is 2.73. The van der Waals surface area contributed by atoms with Crippen molar-refractivity contribution in [2.75, 3.05) is 29.7 Å². The highest BCUT2D eigenvalue weighted by Crippen LogP contribution is 2.29. The zero-order chi connectivity index (χ0) is 23.2. The molecule has 0 unspecified atom stereocenters. The largest absolute Gasteiger partial charge is 0.383 e. The molecule has 8 nitrogen and oxygen atoms in total. The number of anilines is 2. The minimum atomic E-state index is -4.06. The van der Waals surface area contributed by atoms with Crippen LogP contribution in [0.1, 0.15) is 44.5 Å². The molecule has 0 aliphatic carbocycles. The Morgan fingerprint density at radius 2 is 1.58 bits per heavy atom. The molecule has 0 atom stereocenters. The number of Topliss-reactive ketones (excluding diaryl/α,β-unsaturated/α-hetero) is 1. The van der Waals surface area contributed by atoms with Crippen LogP contribution in [-0.4, -0.2) is 46.6 Å². The van der Waals surface area contributed by atoms with Gasteiger partial charge in [-0.2, -0.15) is 4.31 Å². The normalized spacial score (nSPS) is 12.0.